The van der Waals surface area contributed by atoms with Crippen LogP contribution in [0.5, 0.6) is 0 Å². The van der Waals surface area contributed by atoms with Gasteiger partial charge in [0.2, 0.25) is 0 Å². The lowest BCUT2D eigenvalue weighted by Crippen LogP contribution is -2.13. The molecule has 0 aromatic rings. The molecule has 0 aromatic carbocycles. The molecule has 0 spiro atoms. The molecule has 0 aliphatic carbocycles. The van der Waals surface area contributed by atoms with Gasteiger partial charge in [-0.1, -0.05) is 0 Å². The third kappa shape index (κ3) is 1.03. The molecule has 1 aliphatic heterocycles. The minimum atomic E-state index is 0.129. The molecule has 1 heterocycles. The van der Waals surface area contributed by atoms with Gasteiger partial charge in [-0.2, -0.15) is 5.26 Å². The number of nitrogens with zero attached hydrogens (tertiary/aromatic N) is 2. The SMILES string of the molecule is N#CC1=NCC(N)P1. The van der Waals surface area contributed by atoms with Crippen LogP contribution in [0.3, 0.4) is 0 Å². The van der Waals surface area contributed by atoms with Gasteiger partial charge < -0.3 is 5.73 Å². The zero-order chi connectivity index (χ0) is 5.98. The van der Waals surface area contributed by atoms with Gasteiger partial charge in [-0.05, 0) is 8.58 Å². The van der Waals surface area contributed by atoms with Crippen molar-refractivity contribution < 1.29 is 0 Å². The first-order chi connectivity index (χ1) is 3.83. The fourth-order valence-electron chi connectivity index (χ4n) is 0.524. The minimum absolute atomic E-state index is 0.129. The summed E-state index contributed by atoms with van der Waals surface area (Å²) in [5, 5.41) is 8.25. The normalized spacial score (nSPS) is 30.0. The van der Waals surface area contributed by atoms with Gasteiger partial charge in [0.05, 0.1) is 6.54 Å². The number of rotatable bonds is 0. The van der Waals surface area contributed by atoms with Crippen LogP contribution in [0.1, 0.15) is 0 Å². The van der Waals surface area contributed by atoms with Crippen LogP contribution in [0, 0.1) is 11.3 Å². The van der Waals surface area contributed by atoms with E-state index < -0.39 is 0 Å². The first-order valence-corrected chi connectivity index (χ1v) is 3.37. The molecule has 8 heavy (non-hydrogen) atoms. The molecule has 42 valence electrons. The monoisotopic (exact) mass is 127 g/mol. The van der Waals surface area contributed by atoms with Gasteiger partial charge in [0.25, 0.3) is 0 Å². The average molecular weight is 127 g/mol. The first kappa shape index (κ1) is 5.68. The third-order valence-electron chi connectivity index (χ3n) is 0.874. The molecule has 0 aromatic heterocycles. The summed E-state index contributed by atoms with van der Waals surface area (Å²) in [6.45, 7) is 0.640. The Labute approximate surface area is 49.4 Å². The van der Waals surface area contributed by atoms with Crippen LogP contribution in [0.15, 0.2) is 4.99 Å². The molecule has 0 saturated heterocycles. The Balaban J connectivity index is 2.53. The molecule has 0 saturated carbocycles. The predicted molar refractivity (Wildman–Crippen MR) is 34.2 cm³/mol. The summed E-state index contributed by atoms with van der Waals surface area (Å²) in [7, 11) is 0.440. The van der Waals surface area contributed by atoms with Crippen molar-refractivity contribution in [1.82, 2.24) is 0 Å². The molecule has 0 fully saturated rings. The van der Waals surface area contributed by atoms with Crippen molar-refractivity contribution >= 4 is 14.0 Å². The summed E-state index contributed by atoms with van der Waals surface area (Å²) >= 11 is 0. The zero-order valence-electron chi connectivity index (χ0n) is 4.26. The van der Waals surface area contributed by atoms with E-state index in [1.807, 2.05) is 6.07 Å². The van der Waals surface area contributed by atoms with E-state index >= 15 is 0 Å². The highest BCUT2D eigenvalue weighted by Crippen LogP contribution is 2.22. The van der Waals surface area contributed by atoms with Crippen LogP contribution < -0.4 is 5.73 Å². The number of hydrogen-bond acceptors (Lipinski definition) is 3. The van der Waals surface area contributed by atoms with Crippen LogP contribution >= 0.6 is 8.58 Å². The van der Waals surface area contributed by atoms with E-state index in [-0.39, 0.29) is 5.78 Å². The minimum Gasteiger partial charge on any atom is -0.322 e. The second kappa shape index (κ2) is 2.21. The number of hydrogen-bond donors (Lipinski definition) is 1. The molecule has 2 unspecified atom stereocenters. The van der Waals surface area contributed by atoms with Gasteiger partial charge in [-0.3, -0.25) is 4.99 Å². The van der Waals surface area contributed by atoms with Crippen molar-refractivity contribution in [1.29, 1.82) is 5.26 Å². The second-order valence-corrected chi connectivity index (χ2v) is 3.06. The van der Waals surface area contributed by atoms with Gasteiger partial charge in [-0.15, -0.1) is 0 Å². The van der Waals surface area contributed by atoms with Crippen molar-refractivity contribution in [2.45, 2.75) is 5.78 Å². The standard InChI is InChI=1S/C4H6N3P/c5-1-4-7-2-3(6)8-4/h3,8H,2,6H2. The maximum absolute atomic E-state index is 8.25. The Morgan fingerprint density at radius 1 is 2.00 bits per heavy atom. The van der Waals surface area contributed by atoms with Crippen LogP contribution in [-0.2, 0) is 0 Å². The number of nitrogens with two attached hydrogens (primary N) is 1. The van der Waals surface area contributed by atoms with Crippen LogP contribution in [0.2, 0.25) is 0 Å². The average Bonchev–Trinajstić information content (AvgIpc) is 2.14. The molecule has 1 rings (SSSR count). The summed E-state index contributed by atoms with van der Waals surface area (Å²) in [6.07, 6.45) is 0. The van der Waals surface area contributed by atoms with E-state index in [1.54, 1.807) is 0 Å². The van der Waals surface area contributed by atoms with Gasteiger partial charge in [0.1, 0.15) is 11.5 Å². The first-order valence-electron chi connectivity index (χ1n) is 2.29. The highest BCUT2D eigenvalue weighted by molar-refractivity contribution is 7.60. The molecule has 2 atom stereocenters. The molecule has 2 N–H and O–H groups in total. The quantitative estimate of drug-likeness (QED) is 0.461. The van der Waals surface area contributed by atoms with E-state index in [9.17, 15) is 0 Å². The van der Waals surface area contributed by atoms with E-state index in [4.69, 9.17) is 11.0 Å². The van der Waals surface area contributed by atoms with Crippen LogP contribution in [0.25, 0.3) is 0 Å². The van der Waals surface area contributed by atoms with Crippen molar-refractivity contribution in [3.8, 4) is 6.07 Å². The van der Waals surface area contributed by atoms with E-state index in [2.05, 4.69) is 4.99 Å². The Bertz CT molecular complexity index is 157. The fraction of sp³-hybridized carbons (Fsp3) is 0.500. The van der Waals surface area contributed by atoms with Crippen LogP contribution in [-0.4, -0.2) is 17.8 Å². The molecule has 0 bridgehead atoms. The Hall–Kier alpha value is -0.450. The lowest BCUT2D eigenvalue weighted by molar-refractivity contribution is 0.930. The predicted octanol–water partition coefficient (Wildman–Crippen LogP) is -0.115. The highest BCUT2D eigenvalue weighted by atomic mass is 31.1. The molecule has 0 radical (unpaired) electrons. The van der Waals surface area contributed by atoms with E-state index in [0.717, 1.165) is 0 Å². The third-order valence-corrected chi connectivity index (χ3v) is 1.97. The highest BCUT2D eigenvalue weighted by Gasteiger charge is 2.12. The summed E-state index contributed by atoms with van der Waals surface area (Å²) < 4.78 is 0. The van der Waals surface area contributed by atoms with Gasteiger partial charge >= 0.3 is 0 Å². The molecule has 4 heteroatoms. The number of aliphatic imine (C=N–C) groups is 1. The Morgan fingerprint density at radius 3 is 3.00 bits per heavy atom. The lowest BCUT2D eigenvalue weighted by atomic mass is 10.7. The molecule has 0 amide bonds. The summed E-state index contributed by atoms with van der Waals surface area (Å²) in [5.41, 5.74) is 6.07. The zero-order valence-corrected chi connectivity index (χ0v) is 5.26. The van der Waals surface area contributed by atoms with Gasteiger partial charge in [-0.25, -0.2) is 0 Å². The van der Waals surface area contributed by atoms with Gasteiger partial charge in [0, 0.05) is 5.78 Å². The molecule has 1 aliphatic rings. The van der Waals surface area contributed by atoms with Crippen molar-refractivity contribution in [2.75, 3.05) is 6.54 Å². The summed E-state index contributed by atoms with van der Waals surface area (Å²) in [4.78, 5) is 3.88. The van der Waals surface area contributed by atoms with Crippen LogP contribution in [0.4, 0.5) is 0 Å². The number of nitriles is 1. The molecule has 3 nitrogen and oxygen atoms in total. The van der Waals surface area contributed by atoms with Gasteiger partial charge in [0.15, 0.2) is 0 Å². The summed E-state index contributed by atoms with van der Waals surface area (Å²) in [6, 6.07) is 1.98. The maximum Gasteiger partial charge on any atom is 0.132 e. The second-order valence-electron chi connectivity index (χ2n) is 1.55. The van der Waals surface area contributed by atoms with Crippen molar-refractivity contribution in [2.24, 2.45) is 10.7 Å². The lowest BCUT2D eigenvalue weighted by Gasteiger charge is -1.92. The van der Waals surface area contributed by atoms with E-state index in [0.29, 0.717) is 20.6 Å². The largest absolute Gasteiger partial charge is 0.322 e. The summed E-state index contributed by atoms with van der Waals surface area (Å²) in [5.74, 6) is 0.129. The Kier molecular flexibility index (Phi) is 1.57. The topological polar surface area (TPSA) is 62.2 Å². The fourth-order valence-corrected chi connectivity index (χ4v) is 1.31. The maximum atomic E-state index is 8.25. The molecular weight excluding hydrogens is 121 g/mol. The molecular formula is C4H6N3P. The Morgan fingerprint density at radius 2 is 2.75 bits per heavy atom. The smallest absolute Gasteiger partial charge is 0.132 e. The van der Waals surface area contributed by atoms with Crippen molar-refractivity contribution in [3.63, 3.8) is 0 Å². The van der Waals surface area contributed by atoms with E-state index in [1.165, 1.54) is 0 Å². The van der Waals surface area contributed by atoms with Crippen molar-refractivity contribution in [3.05, 3.63) is 0 Å².